The largest absolute Gasteiger partial charge is 0.379 e. The molecular weight excluding hydrogens is 232 g/mol. The van der Waals surface area contributed by atoms with Crippen LogP contribution in [0.1, 0.15) is 56.5 Å². The summed E-state index contributed by atoms with van der Waals surface area (Å²) in [4.78, 5) is 15.8. The molecule has 0 bridgehead atoms. The molecule has 1 aromatic heterocycles. The highest BCUT2D eigenvalue weighted by Gasteiger charge is 2.13. The van der Waals surface area contributed by atoms with Gasteiger partial charge in [0.15, 0.2) is 0 Å². The van der Waals surface area contributed by atoms with E-state index < -0.39 is 0 Å². The maximum atomic E-state index is 11.7. The number of H-pyrrole nitrogens is 1. The fourth-order valence-electron chi connectivity index (χ4n) is 1.31. The van der Waals surface area contributed by atoms with Gasteiger partial charge in [-0.15, -0.1) is 5.10 Å². The standard InChI is InChI=1S/C12H22N4O2/c1-8(2)10-14-11(16-15-10)12(17)13-6-5-7-18-9(3)4/h8-9H,5-7H2,1-4H3,(H,13,17)(H,14,15,16). The van der Waals surface area contributed by atoms with Gasteiger partial charge in [-0.3, -0.25) is 9.89 Å². The van der Waals surface area contributed by atoms with E-state index in [0.29, 0.717) is 13.2 Å². The Labute approximate surface area is 108 Å². The Balaban J connectivity index is 2.27. The molecule has 0 saturated carbocycles. The summed E-state index contributed by atoms with van der Waals surface area (Å²) in [6.45, 7) is 9.16. The van der Waals surface area contributed by atoms with Crippen molar-refractivity contribution in [1.29, 1.82) is 0 Å². The first-order valence-corrected chi connectivity index (χ1v) is 6.32. The van der Waals surface area contributed by atoms with Crippen LogP contribution < -0.4 is 5.32 Å². The fourth-order valence-corrected chi connectivity index (χ4v) is 1.31. The molecule has 0 spiro atoms. The molecule has 18 heavy (non-hydrogen) atoms. The molecule has 0 aliphatic heterocycles. The van der Waals surface area contributed by atoms with Gasteiger partial charge < -0.3 is 10.1 Å². The van der Waals surface area contributed by atoms with Crippen molar-refractivity contribution in [1.82, 2.24) is 20.5 Å². The van der Waals surface area contributed by atoms with E-state index in [9.17, 15) is 4.79 Å². The van der Waals surface area contributed by atoms with Gasteiger partial charge in [-0.25, -0.2) is 4.98 Å². The summed E-state index contributed by atoms with van der Waals surface area (Å²) in [6, 6.07) is 0. The molecule has 1 aromatic rings. The highest BCUT2D eigenvalue weighted by Crippen LogP contribution is 2.07. The topological polar surface area (TPSA) is 79.9 Å². The summed E-state index contributed by atoms with van der Waals surface area (Å²) in [6.07, 6.45) is 1.01. The van der Waals surface area contributed by atoms with Gasteiger partial charge >= 0.3 is 0 Å². The second-order valence-corrected chi connectivity index (χ2v) is 4.73. The third kappa shape index (κ3) is 4.83. The van der Waals surface area contributed by atoms with E-state index in [1.54, 1.807) is 0 Å². The SMILES string of the molecule is CC(C)OCCCNC(=O)c1n[nH]c(C(C)C)n1. The predicted octanol–water partition coefficient (Wildman–Crippen LogP) is 1.47. The van der Waals surface area contributed by atoms with Crippen molar-refractivity contribution in [2.45, 2.75) is 46.1 Å². The number of hydrogen-bond acceptors (Lipinski definition) is 4. The molecule has 1 rings (SSSR count). The zero-order valence-electron chi connectivity index (χ0n) is 11.5. The lowest BCUT2D eigenvalue weighted by atomic mass is 10.2. The van der Waals surface area contributed by atoms with Gasteiger partial charge in [0, 0.05) is 19.1 Å². The fraction of sp³-hybridized carbons (Fsp3) is 0.750. The maximum absolute atomic E-state index is 11.7. The van der Waals surface area contributed by atoms with Gasteiger partial charge in [0.1, 0.15) is 5.82 Å². The van der Waals surface area contributed by atoms with Crippen molar-refractivity contribution in [2.75, 3.05) is 13.2 Å². The van der Waals surface area contributed by atoms with Gasteiger partial charge in [0.05, 0.1) is 6.10 Å². The summed E-state index contributed by atoms with van der Waals surface area (Å²) in [7, 11) is 0. The van der Waals surface area contributed by atoms with Crippen molar-refractivity contribution in [2.24, 2.45) is 0 Å². The van der Waals surface area contributed by atoms with E-state index >= 15 is 0 Å². The van der Waals surface area contributed by atoms with Crippen LogP contribution in [0, 0.1) is 0 Å². The van der Waals surface area contributed by atoms with Crippen LogP contribution in [0.2, 0.25) is 0 Å². The molecule has 0 unspecified atom stereocenters. The number of rotatable bonds is 7. The lowest BCUT2D eigenvalue weighted by Crippen LogP contribution is -2.26. The summed E-state index contributed by atoms with van der Waals surface area (Å²) >= 11 is 0. The van der Waals surface area contributed by atoms with Crippen LogP contribution in [-0.2, 0) is 4.74 Å². The highest BCUT2D eigenvalue weighted by atomic mass is 16.5. The summed E-state index contributed by atoms with van der Waals surface area (Å²) < 4.78 is 5.38. The van der Waals surface area contributed by atoms with Crippen molar-refractivity contribution in [3.63, 3.8) is 0 Å². The molecule has 2 N–H and O–H groups in total. The number of aromatic amines is 1. The maximum Gasteiger partial charge on any atom is 0.290 e. The minimum Gasteiger partial charge on any atom is -0.379 e. The van der Waals surface area contributed by atoms with Crippen LogP contribution in [0.15, 0.2) is 0 Å². The van der Waals surface area contributed by atoms with Crippen LogP contribution >= 0.6 is 0 Å². The van der Waals surface area contributed by atoms with Crippen LogP contribution in [0.5, 0.6) is 0 Å². The quantitative estimate of drug-likeness (QED) is 0.722. The Morgan fingerprint density at radius 3 is 2.67 bits per heavy atom. The Kier molecular flexibility index (Phi) is 5.77. The second-order valence-electron chi connectivity index (χ2n) is 4.73. The Morgan fingerprint density at radius 1 is 1.39 bits per heavy atom. The Hall–Kier alpha value is -1.43. The normalized spacial score (nSPS) is 11.2. The lowest BCUT2D eigenvalue weighted by molar-refractivity contribution is 0.0756. The number of nitrogens with one attached hydrogen (secondary N) is 2. The number of carbonyl (C=O) groups excluding carboxylic acids is 1. The molecule has 1 heterocycles. The minimum absolute atomic E-state index is 0.198. The monoisotopic (exact) mass is 254 g/mol. The van der Waals surface area contributed by atoms with E-state index in [-0.39, 0.29) is 23.8 Å². The number of nitrogens with zero attached hydrogens (tertiary/aromatic N) is 2. The first kappa shape index (κ1) is 14.6. The average Bonchev–Trinajstić information content (AvgIpc) is 2.77. The number of carbonyl (C=O) groups is 1. The third-order valence-corrected chi connectivity index (χ3v) is 2.31. The first-order valence-electron chi connectivity index (χ1n) is 6.32. The van der Waals surface area contributed by atoms with Crippen molar-refractivity contribution < 1.29 is 9.53 Å². The molecular formula is C12H22N4O2. The molecule has 102 valence electrons. The number of ether oxygens (including phenoxy) is 1. The number of aromatic nitrogens is 3. The number of hydrogen-bond donors (Lipinski definition) is 2. The molecule has 0 saturated heterocycles. The Bertz CT molecular complexity index is 374. The van der Waals surface area contributed by atoms with Crippen LogP contribution in [-0.4, -0.2) is 40.3 Å². The minimum atomic E-state index is -0.248. The zero-order valence-corrected chi connectivity index (χ0v) is 11.5. The second kappa shape index (κ2) is 7.10. The van der Waals surface area contributed by atoms with Gasteiger partial charge in [0.2, 0.25) is 5.82 Å². The number of amides is 1. The molecule has 0 radical (unpaired) electrons. The van der Waals surface area contributed by atoms with E-state index in [0.717, 1.165) is 12.2 Å². The van der Waals surface area contributed by atoms with E-state index in [1.165, 1.54) is 0 Å². The highest BCUT2D eigenvalue weighted by molar-refractivity contribution is 5.90. The van der Waals surface area contributed by atoms with Crippen molar-refractivity contribution in [3.8, 4) is 0 Å². The molecule has 0 aliphatic carbocycles. The van der Waals surface area contributed by atoms with Crippen molar-refractivity contribution >= 4 is 5.91 Å². The first-order chi connectivity index (χ1) is 8.50. The molecule has 6 nitrogen and oxygen atoms in total. The molecule has 0 atom stereocenters. The van der Waals surface area contributed by atoms with Crippen LogP contribution in [0.3, 0.4) is 0 Å². The summed E-state index contributed by atoms with van der Waals surface area (Å²) in [5.41, 5.74) is 0. The van der Waals surface area contributed by atoms with E-state index in [2.05, 4.69) is 20.5 Å². The smallest absolute Gasteiger partial charge is 0.290 e. The van der Waals surface area contributed by atoms with Crippen LogP contribution in [0.25, 0.3) is 0 Å². The van der Waals surface area contributed by atoms with Crippen molar-refractivity contribution in [3.05, 3.63) is 11.6 Å². The molecule has 1 amide bonds. The molecule has 6 heteroatoms. The van der Waals surface area contributed by atoms with Gasteiger partial charge in [-0.05, 0) is 20.3 Å². The molecule has 0 aromatic carbocycles. The average molecular weight is 254 g/mol. The van der Waals surface area contributed by atoms with Gasteiger partial charge in [-0.1, -0.05) is 13.8 Å². The van der Waals surface area contributed by atoms with Crippen LogP contribution in [0.4, 0.5) is 0 Å². The lowest BCUT2D eigenvalue weighted by Gasteiger charge is -2.07. The molecule has 0 fully saturated rings. The third-order valence-electron chi connectivity index (χ3n) is 2.31. The van der Waals surface area contributed by atoms with E-state index in [4.69, 9.17) is 4.74 Å². The van der Waals surface area contributed by atoms with E-state index in [1.807, 2.05) is 27.7 Å². The zero-order chi connectivity index (χ0) is 13.5. The van der Waals surface area contributed by atoms with Gasteiger partial charge in [-0.2, -0.15) is 0 Å². The molecule has 0 aliphatic rings. The summed E-state index contributed by atoms with van der Waals surface area (Å²) in [5.74, 6) is 0.910. The van der Waals surface area contributed by atoms with Gasteiger partial charge in [0.25, 0.3) is 5.91 Å². The Morgan fingerprint density at radius 2 is 2.11 bits per heavy atom. The predicted molar refractivity (Wildman–Crippen MR) is 68.5 cm³/mol. The summed E-state index contributed by atoms with van der Waals surface area (Å²) in [5, 5.41) is 9.40.